The van der Waals surface area contributed by atoms with Crippen LogP contribution in [0.5, 0.6) is 0 Å². The molecule has 1 aliphatic carbocycles. The topological polar surface area (TPSA) is 0 Å². The Labute approximate surface area is 170 Å². The van der Waals surface area contributed by atoms with Gasteiger partial charge in [0.2, 0.25) is 0 Å². The highest BCUT2D eigenvalue weighted by Crippen LogP contribution is 2.70. The molecule has 0 aromatic heterocycles. The summed E-state index contributed by atoms with van der Waals surface area (Å²) in [6.07, 6.45) is 1.32. The molecule has 0 nitrogen and oxygen atoms in total. The fourth-order valence-electron chi connectivity index (χ4n) is 4.35. The summed E-state index contributed by atoms with van der Waals surface area (Å²) in [4.78, 5) is 0. The van der Waals surface area contributed by atoms with E-state index in [-0.39, 0.29) is 5.41 Å². The number of benzene rings is 3. The average Bonchev–Trinajstić information content (AvgIpc) is 3.48. The zero-order valence-corrected chi connectivity index (χ0v) is 16.8. The van der Waals surface area contributed by atoms with Gasteiger partial charge in [-0.25, -0.2) is 0 Å². The predicted octanol–water partition coefficient (Wildman–Crippen LogP) is 6.75. The molecule has 0 amide bonds. The summed E-state index contributed by atoms with van der Waals surface area (Å²) in [7, 11) is 0. The van der Waals surface area contributed by atoms with E-state index in [1.54, 1.807) is 0 Å². The van der Waals surface area contributed by atoms with Crippen molar-refractivity contribution in [2.75, 3.05) is 11.5 Å². The van der Waals surface area contributed by atoms with Crippen LogP contribution in [0.25, 0.3) is 11.1 Å². The molecule has 0 atom stereocenters. The van der Waals surface area contributed by atoms with E-state index in [0.29, 0.717) is 4.58 Å². The number of rotatable bonds is 4. The van der Waals surface area contributed by atoms with Crippen molar-refractivity contribution in [3.63, 3.8) is 0 Å². The Morgan fingerprint density at radius 1 is 0.593 bits per heavy atom. The van der Waals surface area contributed by atoms with Gasteiger partial charge in [-0.15, -0.1) is 23.5 Å². The minimum absolute atomic E-state index is 0.0136. The van der Waals surface area contributed by atoms with E-state index in [0.717, 1.165) is 0 Å². The molecule has 0 unspecified atom stereocenters. The van der Waals surface area contributed by atoms with E-state index in [4.69, 9.17) is 0 Å². The molecule has 0 spiro atoms. The Bertz CT molecular complexity index is 890. The van der Waals surface area contributed by atoms with Crippen LogP contribution < -0.4 is 0 Å². The van der Waals surface area contributed by atoms with Crippen molar-refractivity contribution in [3.8, 4) is 0 Å². The molecule has 1 saturated heterocycles. The van der Waals surface area contributed by atoms with Crippen molar-refractivity contribution >= 4 is 34.7 Å². The molecular formula is C25H22S2. The third-order valence-electron chi connectivity index (χ3n) is 5.51. The zero-order valence-electron chi connectivity index (χ0n) is 15.2. The summed E-state index contributed by atoms with van der Waals surface area (Å²) in [6.45, 7) is 0. The van der Waals surface area contributed by atoms with Crippen LogP contribution in [0.15, 0.2) is 91.0 Å². The first kappa shape index (κ1) is 17.2. The Hall–Kier alpha value is -1.90. The van der Waals surface area contributed by atoms with Gasteiger partial charge in [0.05, 0.1) is 10.00 Å². The van der Waals surface area contributed by atoms with Crippen LogP contribution in [0.4, 0.5) is 0 Å². The average molecular weight is 387 g/mol. The second kappa shape index (κ2) is 7.26. The van der Waals surface area contributed by atoms with Gasteiger partial charge in [-0.2, -0.15) is 0 Å². The van der Waals surface area contributed by atoms with Gasteiger partial charge in [0.1, 0.15) is 0 Å². The smallest absolute Gasteiger partial charge is 0.0681 e. The van der Waals surface area contributed by atoms with Gasteiger partial charge >= 0.3 is 0 Å². The fourth-order valence-corrected chi connectivity index (χ4v) is 7.79. The molecule has 0 radical (unpaired) electrons. The largest absolute Gasteiger partial charge is 0.146 e. The third-order valence-corrected chi connectivity index (χ3v) is 8.69. The third kappa shape index (κ3) is 2.86. The van der Waals surface area contributed by atoms with E-state index in [9.17, 15) is 0 Å². The van der Waals surface area contributed by atoms with Gasteiger partial charge in [-0.05, 0) is 45.8 Å². The summed E-state index contributed by atoms with van der Waals surface area (Å²) in [5, 5.41) is 0. The summed E-state index contributed by atoms with van der Waals surface area (Å²) in [5.74, 6) is 2.52. The maximum absolute atomic E-state index is 2.33. The number of allylic oxidation sites excluding steroid dienone is 2. The fraction of sp³-hybridized carbons (Fsp3) is 0.200. The van der Waals surface area contributed by atoms with E-state index in [1.807, 2.05) is 0 Å². The molecule has 0 bridgehead atoms. The molecule has 27 heavy (non-hydrogen) atoms. The maximum atomic E-state index is 2.33. The molecule has 1 heterocycles. The minimum Gasteiger partial charge on any atom is -0.146 e. The number of hydrogen-bond acceptors (Lipinski definition) is 2. The number of hydrogen-bond donors (Lipinski definition) is 0. The lowest BCUT2D eigenvalue weighted by atomic mass is 9.86. The van der Waals surface area contributed by atoms with Crippen molar-refractivity contribution in [2.24, 2.45) is 0 Å². The molecule has 5 rings (SSSR count). The molecule has 2 heteroatoms. The van der Waals surface area contributed by atoms with E-state index in [2.05, 4.69) is 115 Å². The maximum Gasteiger partial charge on any atom is 0.0681 e. The minimum atomic E-state index is 0.0136. The van der Waals surface area contributed by atoms with Crippen LogP contribution in [-0.4, -0.2) is 16.1 Å². The zero-order chi connectivity index (χ0) is 18.1. The van der Waals surface area contributed by atoms with E-state index >= 15 is 0 Å². The van der Waals surface area contributed by atoms with Crippen molar-refractivity contribution in [3.05, 3.63) is 108 Å². The molecule has 3 aromatic carbocycles. The molecule has 3 aromatic rings. The predicted molar refractivity (Wildman–Crippen MR) is 121 cm³/mol. The lowest BCUT2D eigenvalue weighted by Crippen LogP contribution is -2.28. The summed E-state index contributed by atoms with van der Waals surface area (Å²) < 4.78 is 0.541. The standard InChI is InChI=1S/C25H22S2/c1-4-11-19(12-5-1)22-23(20-13-6-2-7-14-20)25(22,21-15-8-3-9-16-21)24-26-17-10-18-27-24/h1-9,11-16,24H,10,17-18H2. The van der Waals surface area contributed by atoms with E-state index < -0.39 is 0 Å². The first-order valence-corrected chi connectivity index (χ1v) is 11.7. The highest BCUT2D eigenvalue weighted by atomic mass is 32.2. The SMILES string of the molecule is c1ccc(C2=C(c3ccccc3)C2(c2ccccc2)C2SCCCS2)cc1. The molecule has 0 N–H and O–H groups in total. The van der Waals surface area contributed by atoms with Crippen LogP contribution in [0.3, 0.4) is 0 Å². The van der Waals surface area contributed by atoms with Gasteiger partial charge in [-0.1, -0.05) is 91.0 Å². The van der Waals surface area contributed by atoms with Gasteiger partial charge in [-0.3, -0.25) is 0 Å². The van der Waals surface area contributed by atoms with Crippen molar-refractivity contribution in [1.29, 1.82) is 0 Å². The lowest BCUT2D eigenvalue weighted by Gasteiger charge is -2.33. The summed E-state index contributed by atoms with van der Waals surface area (Å²) in [5.41, 5.74) is 7.23. The van der Waals surface area contributed by atoms with Crippen LogP contribution in [0.1, 0.15) is 23.1 Å². The molecular weight excluding hydrogens is 364 g/mol. The molecule has 2 aliphatic rings. The second-order valence-electron chi connectivity index (χ2n) is 7.08. The first-order chi connectivity index (χ1) is 13.4. The molecule has 134 valence electrons. The molecule has 0 saturated carbocycles. The normalized spacial score (nSPS) is 19.1. The Morgan fingerprint density at radius 2 is 1.04 bits per heavy atom. The summed E-state index contributed by atoms with van der Waals surface area (Å²) >= 11 is 4.29. The van der Waals surface area contributed by atoms with Gasteiger partial charge < -0.3 is 0 Å². The quantitative estimate of drug-likeness (QED) is 0.487. The highest BCUT2D eigenvalue weighted by molar-refractivity contribution is 8.17. The van der Waals surface area contributed by atoms with Crippen molar-refractivity contribution < 1.29 is 0 Å². The van der Waals surface area contributed by atoms with E-state index in [1.165, 1.54) is 45.8 Å². The van der Waals surface area contributed by atoms with Crippen molar-refractivity contribution in [1.82, 2.24) is 0 Å². The van der Waals surface area contributed by atoms with Crippen LogP contribution in [0.2, 0.25) is 0 Å². The van der Waals surface area contributed by atoms with Crippen molar-refractivity contribution in [2.45, 2.75) is 16.4 Å². The Balaban J connectivity index is 1.72. The van der Waals surface area contributed by atoms with Crippen LogP contribution in [0, 0.1) is 0 Å². The Morgan fingerprint density at radius 3 is 1.52 bits per heavy atom. The monoisotopic (exact) mass is 386 g/mol. The first-order valence-electron chi connectivity index (χ1n) is 9.57. The van der Waals surface area contributed by atoms with Crippen LogP contribution in [-0.2, 0) is 5.41 Å². The van der Waals surface area contributed by atoms with Crippen LogP contribution >= 0.6 is 23.5 Å². The number of thioether (sulfide) groups is 2. The second-order valence-corrected chi connectivity index (χ2v) is 9.81. The van der Waals surface area contributed by atoms with Gasteiger partial charge in [0, 0.05) is 0 Å². The Kier molecular flexibility index (Phi) is 4.63. The molecule has 1 fully saturated rings. The highest BCUT2D eigenvalue weighted by Gasteiger charge is 2.60. The van der Waals surface area contributed by atoms with Gasteiger partial charge in [0.15, 0.2) is 0 Å². The molecule has 1 aliphatic heterocycles. The van der Waals surface area contributed by atoms with Gasteiger partial charge in [0.25, 0.3) is 0 Å². The lowest BCUT2D eigenvalue weighted by molar-refractivity contribution is 0.864. The summed E-state index contributed by atoms with van der Waals surface area (Å²) in [6, 6.07) is 33.2.